The number of hydrogen-bond donors (Lipinski definition) is 0. The molecule has 0 spiro atoms. The van der Waals surface area contributed by atoms with Crippen LogP contribution in [0.5, 0.6) is 11.5 Å². The van der Waals surface area contributed by atoms with E-state index >= 15 is 0 Å². The highest BCUT2D eigenvalue weighted by Crippen LogP contribution is 2.36. The maximum atomic E-state index is 13.2. The molecule has 0 unspecified atom stereocenters. The summed E-state index contributed by atoms with van der Waals surface area (Å²) in [6.07, 6.45) is 1.76. The number of nitrogens with zero attached hydrogens (tertiary/aromatic N) is 3. The maximum absolute atomic E-state index is 13.2. The van der Waals surface area contributed by atoms with Gasteiger partial charge >= 0.3 is 0 Å². The lowest BCUT2D eigenvalue weighted by Gasteiger charge is -2.11. The van der Waals surface area contributed by atoms with Gasteiger partial charge in [0, 0.05) is 28.2 Å². The first-order valence-electron chi connectivity index (χ1n) is 10.1. The van der Waals surface area contributed by atoms with Gasteiger partial charge in [-0.05, 0) is 48.9 Å². The first-order chi connectivity index (χ1) is 15.7. The van der Waals surface area contributed by atoms with E-state index in [2.05, 4.69) is 10.1 Å². The predicted octanol–water partition coefficient (Wildman–Crippen LogP) is 4.74. The Morgan fingerprint density at radius 1 is 0.906 bits per heavy atom. The van der Waals surface area contributed by atoms with Crippen LogP contribution in [0.2, 0.25) is 0 Å². The van der Waals surface area contributed by atoms with Gasteiger partial charge in [0.25, 0.3) is 11.4 Å². The molecule has 0 aliphatic carbocycles. The zero-order valence-electron chi connectivity index (χ0n) is 17.1. The normalized spacial score (nSPS) is 12.4. The number of aromatic nitrogens is 3. The third kappa shape index (κ3) is 2.94. The Labute approximate surface area is 182 Å². The Morgan fingerprint density at radius 2 is 1.75 bits per heavy atom. The average Bonchev–Trinajstić information content (AvgIpc) is 3.49. The van der Waals surface area contributed by atoms with Crippen LogP contribution in [0.25, 0.3) is 39.3 Å². The molecule has 0 N–H and O–H groups in total. The minimum atomic E-state index is -0.106. The van der Waals surface area contributed by atoms with Gasteiger partial charge in [-0.15, -0.1) is 0 Å². The number of fused-ring (bicyclic) bond motifs is 2. The van der Waals surface area contributed by atoms with Crippen molar-refractivity contribution in [1.82, 2.24) is 14.7 Å². The lowest BCUT2D eigenvalue weighted by atomic mass is 10.1. The molecule has 0 saturated heterocycles. The standard InChI is InChI=1S/C25H17N3O4/c1-15-5-4-6-17(11-15)28-13-20(18-7-2-3-8-19(18)25(28)29)24-26-23(27-32-24)16-9-10-21-22(12-16)31-14-30-21/h2-13H,14H2,1H3. The molecule has 156 valence electrons. The van der Waals surface area contributed by atoms with Crippen LogP contribution >= 0.6 is 0 Å². The second kappa shape index (κ2) is 7.09. The molecule has 3 heterocycles. The van der Waals surface area contributed by atoms with Crippen molar-refractivity contribution in [3.05, 3.63) is 88.8 Å². The molecule has 1 aliphatic rings. The molecular formula is C25H17N3O4. The number of hydrogen-bond acceptors (Lipinski definition) is 6. The van der Waals surface area contributed by atoms with Crippen LogP contribution in [-0.4, -0.2) is 21.5 Å². The summed E-state index contributed by atoms with van der Waals surface area (Å²) in [4.78, 5) is 17.8. The fraction of sp³-hybridized carbons (Fsp3) is 0.0800. The van der Waals surface area contributed by atoms with E-state index in [1.54, 1.807) is 10.8 Å². The molecule has 0 fully saturated rings. The van der Waals surface area contributed by atoms with E-state index in [1.807, 2.05) is 73.7 Å². The van der Waals surface area contributed by atoms with E-state index in [0.29, 0.717) is 34.2 Å². The minimum Gasteiger partial charge on any atom is -0.454 e. The molecular weight excluding hydrogens is 406 g/mol. The molecule has 32 heavy (non-hydrogen) atoms. The Bertz CT molecular complexity index is 1550. The smallest absolute Gasteiger partial charge is 0.262 e. The summed E-state index contributed by atoms with van der Waals surface area (Å²) in [6, 6.07) is 20.7. The van der Waals surface area contributed by atoms with Crippen LogP contribution in [0.1, 0.15) is 5.56 Å². The quantitative estimate of drug-likeness (QED) is 0.417. The minimum absolute atomic E-state index is 0.106. The van der Waals surface area contributed by atoms with Gasteiger partial charge < -0.3 is 14.0 Å². The molecule has 0 radical (unpaired) electrons. The number of aryl methyl sites for hydroxylation is 1. The molecule has 5 aromatic rings. The van der Waals surface area contributed by atoms with E-state index in [0.717, 1.165) is 22.2 Å². The molecule has 0 amide bonds. The number of ether oxygens (including phenoxy) is 2. The Morgan fingerprint density at radius 3 is 2.62 bits per heavy atom. The first-order valence-corrected chi connectivity index (χ1v) is 10.1. The predicted molar refractivity (Wildman–Crippen MR) is 119 cm³/mol. The van der Waals surface area contributed by atoms with Gasteiger partial charge in [-0.3, -0.25) is 9.36 Å². The fourth-order valence-corrected chi connectivity index (χ4v) is 3.92. The van der Waals surface area contributed by atoms with Gasteiger partial charge in [-0.1, -0.05) is 35.5 Å². The summed E-state index contributed by atoms with van der Waals surface area (Å²) < 4.78 is 18.1. The SMILES string of the molecule is Cc1cccc(-n2cc(-c3nc(-c4ccc5c(c4)OCO5)no3)c3ccccc3c2=O)c1. The van der Waals surface area contributed by atoms with Gasteiger partial charge in [0.05, 0.1) is 5.56 Å². The van der Waals surface area contributed by atoms with Crippen molar-refractivity contribution in [2.45, 2.75) is 6.92 Å². The van der Waals surface area contributed by atoms with E-state index in [-0.39, 0.29) is 12.4 Å². The zero-order valence-corrected chi connectivity index (χ0v) is 17.1. The zero-order chi connectivity index (χ0) is 21.7. The molecule has 1 aliphatic heterocycles. The number of rotatable bonds is 3. The van der Waals surface area contributed by atoms with Crippen molar-refractivity contribution >= 4 is 10.8 Å². The summed E-state index contributed by atoms with van der Waals surface area (Å²) in [5.74, 6) is 2.09. The van der Waals surface area contributed by atoms with E-state index in [9.17, 15) is 4.79 Å². The van der Waals surface area contributed by atoms with Gasteiger partial charge in [0.2, 0.25) is 12.6 Å². The molecule has 0 bridgehead atoms. The number of benzene rings is 3. The van der Waals surface area contributed by atoms with E-state index < -0.39 is 0 Å². The van der Waals surface area contributed by atoms with E-state index in [4.69, 9.17) is 14.0 Å². The van der Waals surface area contributed by atoms with Crippen molar-refractivity contribution in [2.75, 3.05) is 6.79 Å². The van der Waals surface area contributed by atoms with Crippen LogP contribution in [0.15, 0.2) is 82.2 Å². The fourth-order valence-electron chi connectivity index (χ4n) is 3.92. The van der Waals surface area contributed by atoms with Crippen molar-refractivity contribution in [1.29, 1.82) is 0 Å². The van der Waals surface area contributed by atoms with Crippen LogP contribution < -0.4 is 15.0 Å². The topological polar surface area (TPSA) is 79.4 Å². The molecule has 6 rings (SSSR count). The molecule has 7 heteroatoms. The van der Waals surface area contributed by atoms with Crippen LogP contribution in [0.4, 0.5) is 0 Å². The molecule has 0 atom stereocenters. The highest BCUT2D eigenvalue weighted by atomic mass is 16.7. The largest absolute Gasteiger partial charge is 0.454 e. The Balaban J connectivity index is 1.52. The van der Waals surface area contributed by atoms with Crippen LogP contribution in [-0.2, 0) is 0 Å². The van der Waals surface area contributed by atoms with Gasteiger partial charge in [0.1, 0.15) is 0 Å². The highest BCUT2D eigenvalue weighted by molar-refractivity contribution is 5.94. The van der Waals surface area contributed by atoms with Gasteiger partial charge in [-0.2, -0.15) is 4.98 Å². The average molecular weight is 423 g/mol. The van der Waals surface area contributed by atoms with Gasteiger partial charge in [-0.25, -0.2) is 0 Å². The summed E-state index contributed by atoms with van der Waals surface area (Å²) >= 11 is 0. The van der Waals surface area contributed by atoms with Gasteiger partial charge in [0.15, 0.2) is 11.5 Å². The molecule has 2 aromatic heterocycles. The van der Waals surface area contributed by atoms with Crippen molar-refractivity contribution in [2.24, 2.45) is 0 Å². The summed E-state index contributed by atoms with van der Waals surface area (Å²) in [5.41, 5.74) is 3.16. The van der Waals surface area contributed by atoms with Crippen molar-refractivity contribution < 1.29 is 14.0 Å². The summed E-state index contributed by atoms with van der Waals surface area (Å²) in [5, 5.41) is 5.49. The monoisotopic (exact) mass is 423 g/mol. The molecule has 7 nitrogen and oxygen atoms in total. The Hall–Kier alpha value is -4.39. The van der Waals surface area contributed by atoms with Crippen molar-refractivity contribution in [3.8, 4) is 40.0 Å². The van der Waals surface area contributed by atoms with E-state index in [1.165, 1.54) is 0 Å². The molecule has 0 saturated carbocycles. The third-order valence-electron chi connectivity index (χ3n) is 5.49. The first kappa shape index (κ1) is 18.4. The molecule has 3 aromatic carbocycles. The Kier molecular flexibility index (Phi) is 4.07. The van der Waals surface area contributed by atoms with Crippen molar-refractivity contribution in [3.63, 3.8) is 0 Å². The summed E-state index contributed by atoms with van der Waals surface area (Å²) in [6.45, 7) is 2.19. The lowest BCUT2D eigenvalue weighted by Crippen LogP contribution is -2.18. The maximum Gasteiger partial charge on any atom is 0.262 e. The number of pyridine rings is 1. The lowest BCUT2D eigenvalue weighted by molar-refractivity contribution is 0.174. The second-order valence-electron chi connectivity index (χ2n) is 7.59. The second-order valence-corrected chi connectivity index (χ2v) is 7.59. The van der Waals surface area contributed by atoms with Crippen LogP contribution in [0.3, 0.4) is 0 Å². The third-order valence-corrected chi connectivity index (χ3v) is 5.49. The highest BCUT2D eigenvalue weighted by Gasteiger charge is 2.19. The summed E-state index contributed by atoms with van der Waals surface area (Å²) in [7, 11) is 0. The van der Waals surface area contributed by atoms with Crippen LogP contribution in [0, 0.1) is 6.92 Å².